The van der Waals surface area contributed by atoms with Gasteiger partial charge in [0.05, 0.1) is 25.9 Å². The molecule has 8 nitrogen and oxygen atoms in total. The highest BCUT2D eigenvalue weighted by molar-refractivity contribution is 5.97. The fraction of sp³-hybridized carbons (Fsp3) is 0.435. The highest BCUT2D eigenvalue weighted by Crippen LogP contribution is 2.42. The van der Waals surface area contributed by atoms with E-state index in [0.29, 0.717) is 24.5 Å². The number of nitrogens with one attached hydrogen (secondary N) is 1. The summed E-state index contributed by atoms with van der Waals surface area (Å²) in [5.74, 6) is -3.93. The molecule has 2 fully saturated rings. The molecule has 2 aromatic rings. The molecule has 2 aliphatic rings. The summed E-state index contributed by atoms with van der Waals surface area (Å²) in [6.07, 6.45) is -0.118. The van der Waals surface area contributed by atoms with Gasteiger partial charge in [-0.15, -0.1) is 0 Å². The van der Waals surface area contributed by atoms with Crippen molar-refractivity contribution in [2.24, 2.45) is 11.7 Å². The van der Waals surface area contributed by atoms with Crippen LogP contribution in [0.2, 0.25) is 0 Å². The Kier molecular flexibility index (Phi) is 6.68. The van der Waals surface area contributed by atoms with Crippen molar-refractivity contribution in [3.8, 4) is 0 Å². The summed E-state index contributed by atoms with van der Waals surface area (Å²) in [4.78, 5) is 28.4. The molecule has 4 rings (SSSR count). The van der Waals surface area contributed by atoms with Gasteiger partial charge in [-0.25, -0.2) is 8.78 Å². The third-order valence-corrected chi connectivity index (χ3v) is 6.19. The molecule has 4 atom stereocenters. The maximum atomic E-state index is 14.8. The summed E-state index contributed by atoms with van der Waals surface area (Å²) in [5.41, 5.74) is 6.09. The Hall–Kier alpha value is -2.95. The SMILES string of the molecule is C[C@H]1[C@@H](c2ccc(F)c(F)c2COC2COC2)[C@H](C(=O)Nc2ccnc(C(N)=O)c2)O[C@@H]1C. The van der Waals surface area contributed by atoms with Crippen molar-refractivity contribution in [2.45, 2.75) is 44.7 Å². The van der Waals surface area contributed by atoms with Gasteiger partial charge in [0.1, 0.15) is 17.9 Å². The number of nitrogens with zero attached hydrogens (tertiary/aromatic N) is 1. The molecule has 0 unspecified atom stereocenters. The summed E-state index contributed by atoms with van der Waals surface area (Å²) < 4.78 is 45.6. The van der Waals surface area contributed by atoms with E-state index in [4.69, 9.17) is 19.9 Å². The van der Waals surface area contributed by atoms with E-state index in [2.05, 4.69) is 10.3 Å². The van der Waals surface area contributed by atoms with E-state index < -0.39 is 35.5 Å². The fourth-order valence-corrected chi connectivity index (χ4v) is 4.11. The normalized spacial score (nSPS) is 25.0. The zero-order chi connectivity index (χ0) is 23.7. The van der Waals surface area contributed by atoms with Gasteiger partial charge in [0.2, 0.25) is 0 Å². The van der Waals surface area contributed by atoms with Crippen LogP contribution in [-0.2, 0) is 25.6 Å². The summed E-state index contributed by atoms with van der Waals surface area (Å²) in [6.45, 7) is 4.37. The van der Waals surface area contributed by atoms with E-state index in [0.717, 1.165) is 6.07 Å². The Labute approximate surface area is 189 Å². The molecule has 10 heteroatoms. The van der Waals surface area contributed by atoms with E-state index >= 15 is 0 Å². The van der Waals surface area contributed by atoms with Gasteiger partial charge in [-0.2, -0.15) is 0 Å². The van der Waals surface area contributed by atoms with Crippen LogP contribution in [0.25, 0.3) is 0 Å². The second-order valence-electron chi connectivity index (χ2n) is 8.33. The van der Waals surface area contributed by atoms with Gasteiger partial charge in [-0.1, -0.05) is 13.0 Å². The molecule has 0 radical (unpaired) electrons. The molecule has 3 N–H and O–H groups in total. The maximum Gasteiger partial charge on any atom is 0.267 e. The molecule has 0 spiro atoms. The van der Waals surface area contributed by atoms with E-state index in [1.54, 1.807) is 0 Å². The van der Waals surface area contributed by atoms with E-state index in [-0.39, 0.29) is 36.0 Å². The predicted octanol–water partition coefficient (Wildman–Crippen LogP) is 2.52. The second kappa shape index (κ2) is 9.50. The number of hydrogen-bond acceptors (Lipinski definition) is 6. The van der Waals surface area contributed by atoms with E-state index in [9.17, 15) is 18.4 Å². The standard InChI is InChI=1S/C23H25F2N3O5/c1-11-12(2)33-21(23(30)28-13-5-6-27-18(7-13)22(26)29)19(11)15-3-4-17(24)20(25)16(15)10-32-14-8-31-9-14/h3-7,11-12,14,19,21H,8-10H2,1-2H3,(H2,26,29)(H,27,28,30)/t11-,12-,19+,21-/m1/s1. The van der Waals surface area contributed by atoms with Crippen LogP contribution in [-0.4, -0.2) is 48.3 Å². The molecule has 2 amide bonds. The van der Waals surface area contributed by atoms with Gasteiger partial charge in [-0.05, 0) is 36.6 Å². The van der Waals surface area contributed by atoms with Crippen molar-refractivity contribution >= 4 is 17.5 Å². The van der Waals surface area contributed by atoms with Crippen LogP contribution in [0.15, 0.2) is 30.5 Å². The molecule has 0 saturated carbocycles. The number of benzene rings is 1. The third kappa shape index (κ3) is 4.73. The highest BCUT2D eigenvalue weighted by Gasteiger charge is 2.45. The largest absolute Gasteiger partial charge is 0.376 e. The number of rotatable bonds is 7. The summed E-state index contributed by atoms with van der Waals surface area (Å²) in [7, 11) is 0. The van der Waals surface area contributed by atoms with E-state index in [1.165, 1.54) is 24.4 Å². The van der Waals surface area contributed by atoms with Crippen molar-refractivity contribution < 1.29 is 32.6 Å². The molecule has 0 aliphatic carbocycles. The number of amides is 2. The number of carbonyl (C=O) groups is 2. The van der Waals surface area contributed by atoms with Gasteiger partial charge in [0.15, 0.2) is 11.6 Å². The minimum Gasteiger partial charge on any atom is -0.376 e. The number of nitrogens with two attached hydrogens (primary N) is 1. The topological polar surface area (TPSA) is 113 Å². The maximum absolute atomic E-state index is 14.8. The Morgan fingerprint density at radius 2 is 2.00 bits per heavy atom. The Balaban J connectivity index is 1.62. The predicted molar refractivity (Wildman–Crippen MR) is 113 cm³/mol. The Morgan fingerprint density at radius 3 is 2.67 bits per heavy atom. The average Bonchev–Trinajstić information content (AvgIpc) is 3.05. The van der Waals surface area contributed by atoms with Crippen LogP contribution >= 0.6 is 0 Å². The number of halogens is 2. The van der Waals surface area contributed by atoms with Crippen LogP contribution in [0.5, 0.6) is 0 Å². The van der Waals surface area contributed by atoms with Crippen LogP contribution < -0.4 is 11.1 Å². The first-order valence-electron chi connectivity index (χ1n) is 10.6. The first kappa shape index (κ1) is 23.2. The number of primary amides is 1. The molecule has 1 aromatic carbocycles. The molecular weight excluding hydrogens is 436 g/mol. The quantitative estimate of drug-likeness (QED) is 0.655. The Bertz CT molecular complexity index is 1060. The van der Waals surface area contributed by atoms with Gasteiger partial charge in [0.25, 0.3) is 11.8 Å². The van der Waals surface area contributed by atoms with Gasteiger partial charge in [0, 0.05) is 23.4 Å². The molecule has 2 saturated heterocycles. The molecule has 33 heavy (non-hydrogen) atoms. The average molecular weight is 461 g/mol. The van der Waals surface area contributed by atoms with Crippen LogP contribution in [0.1, 0.15) is 41.4 Å². The monoisotopic (exact) mass is 461 g/mol. The molecule has 176 valence electrons. The summed E-state index contributed by atoms with van der Waals surface area (Å²) in [5, 5.41) is 2.71. The van der Waals surface area contributed by atoms with Crippen molar-refractivity contribution in [1.29, 1.82) is 0 Å². The number of hydrogen-bond donors (Lipinski definition) is 2. The number of aromatic nitrogens is 1. The van der Waals surface area contributed by atoms with Crippen molar-refractivity contribution in [2.75, 3.05) is 18.5 Å². The van der Waals surface area contributed by atoms with Crippen LogP contribution in [0.3, 0.4) is 0 Å². The molecule has 3 heterocycles. The number of ether oxygens (including phenoxy) is 3. The number of pyridine rings is 1. The van der Waals surface area contributed by atoms with E-state index in [1.807, 2.05) is 13.8 Å². The first-order valence-corrected chi connectivity index (χ1v) is 10.6. The minimum absolute atomic E-state index is 0.00144. The van der Waals surface area contributed by atoms with Gasteiger partial charge in [-0.3, -0.25) is 14.6 Å². The summed E-state index contributed by atoms with van der Waals surface area (Å²) >= 11 is 0. The molecule has 0 bridgehead atoms. The highest BCUT2D eigenvalue weighted by atomic mass is 19.2. The lowest BCUT2D eigenvalue weighted by Crippen LogP contribution is -2.36. The Morgan fingerprint density at radius 1 is 1.24 bits per heavy atom. The smallest absolute Gasteiger partial charge is 0.267 e. The molecule has 2 aliphatic heterocycles. The summed E-state index contributed by atoms with van der Waals surface area (Å²) in [6, 6.07) is 5.40. The van der Waals surface area contributed by atoms with Gasteiger partial charge < -0.3 is 25.3 Å². The zero-order valence-electron chi connectivity index (χ0n) is 18.2. The first-order chi connectivity index (χ1) is 15.8. The lowest BCUT2D eigenvalue weighted by Gasteiger charge is -2.28. The molecular formula is C23H25F2N3O5. The van der Waals surface area contributed by atoms with Crippen molar-refractivity contribution in [1.82, 2.24) is 4.98 Å². The fourth-order valence-electron chi connectivity index (χ4n) is 4.11. The van der Waals surface area contributed by atoms with Crippen molar-refractivity contribution in [3.63, 3.8) is 0 Å². The van der Waals surface area contributed by atoms with Gasteiger partial charge >= 0.3 is 0 Å². The number of carbonyl (C=O) groups excluding carboxylic acids is 2. The lowest BCUT2D eigenvalue weighted by molar-refractivity contribution is -0.136. The second-order valence-corrected chi connectivity index (χ2v) is 8.33. The zero-order valence-corrected chi connectivity index (χ0v) is 18.2. The van der Waals surface area contributed by atoms with Crippen LogP contribution in [0.4, 0.5) is 14.5 Å². The lowest BCUT2D eigenvalue weighted by atomic mass is 9.80. The third-order valence-electron chi connectivity index (χ3n) is 6.19. The number of anilines is 1. The molecule has 1 aromatic heterocycles. The van der Waals surface area contributed by atoms with Crippen LogP contribution in [0, 0.1) is 17.6 Å². The minimum atomic E-state index is -1.00. The van der Waals surface area contributed by atoms with Crippen molar-refractivity contribution in [3.05, 3.63) is 58.9 Å².